The first-order chi connectivity index (χ1) is 8.76. The summed E-state index contributed by atoms with van der Waals surface area (Å²) in [6.45, 7) is 7.40. The zero-order valence-electron chi connectivity index (χ0n) is 11.9. The fraction of sp³-hybridized carbons (Fsp3) is 0.625. The monoisotopic (exact) mass is 248 g/mol. The van der Waals surface area contributed by atoms with Crippen molar-refractivity contribution in [1.29, 1.82) is 0 Å². The van der Waals surface area contributed by atoms with Crippen molar-refractivity contribution in [3.8, 4) is 0 Å². The highest BCUT2D eigenvalue weighted by molar-refractivity contribution is 5.22. The zero-order valence-corrected chi connectivity index (χ0v) is 11.9. The van der Waals surface area contributed by atoms with Crippen LogP contribution in [0.15, 0.2) is 24.3 Å². The molecule has 0 radical (unpaired) electrons. The molecule has 1 aromatic carbocycles. The van der Waals surface area contributed by atoms with E-state index in [9.17, 15) is 0 Å². The minimum Gasteiger partial charge on any atom is -0.330 e. The molecule has 3 N–H and O–H groups in total. The summed E-state index contributed by atoms with van der Waals surface area (Å²) < 4.78 is 0. The maximum absolute atomic E-state index is 5.54. The Morgan fingerprint density at radius 2 is 1.72 bits per heavy atom. The van der Waals surface area contributed by atoms with Gasteiger partial charge in [-0.15, -0.1) is 0 Å². The van der Waals surface area contributed by atoms with Crippen LogP contribution in [-0.2, 0) is 12.8 Å². The molecule has 0 aliphatic rings. The minimum atomic E-state index is 0.682. The number of benzene rings is 1. The van der Waals surface area contributed by atoms with E-state index in [1.165, 1.54) is 24.0 Å². The summed E-state index contributed by atoms with van der Waals surface area (Å²) in [5.41, 5.74) is 8.41. The number of nitrogens with two attached hydrogens (primary N) is 1. The summed E-state index contributed by atoms with van der Waals surface area (Å²) >= 11 is 0. The Balaban J connectivity index is 2.19. The van der Waals surface area contributed by atoms with Crippen molar-refractivity contribution in [1.82, 2.24) is 5.32 Å². The van der Waals surface area contributed by atoms with Crippen LogP contribution in [0.5, 0.6) is 0 Å². The lowest BCUT2D eigenvalue weighted by atomic mass is 10.1. The van der Waals surface area contributed by atoms with Crippen LogP contribution in [0.3, 0.4) is 0 Å². The van der Waals surface area contributed by atoms with Gasteiger partial charge in [-0.25, -0.2) is 0 Å². The third-order valence-corrected chi connectivity index (χ3v) is 3.30. The van der Waals surface area contributed by atoms with E-state index in [1.54, 1.807) is 0 Å². The van der Waals surface area contributed by atoms with Crippen molar-refractivity contribution in [3.05, 3.63) is 35.4 Å². The fourth-order valence-electron chi connectivity index (χ4n) is 2.13. The van der Waals surface area contributed by atoms with Crippen LogP contribution < -0.4 is 11.1 Å². The molecule has 102 valence electrons. The molecule has 0 heterocycles. The highest BCUT2D eigenvalue weighted by atomic mass is 14.8. The zero-order chi connectivity index (χ0) is 13.2. The van der Waals surface area contributed by atoms with Gasteiger partial charge in [-0.1, -0.05) is 44.5 Å². The van der Waals surface area contributed by atoms with E-state index >= 15 is 0 Å². The molecule has 0 saturated carbocycles. The van der Waals surface area contributed by atoms with Gasteiger partial charge in [0.1, 0.15) is 0 Å². The number of aryl methyl sites for hydroxylation is 1. The molecule has 1 unspecified atom stereocenters. The molecule has 0 fully saturated rings. The summed E-state index contributed by atoms with van der Waals surface area (Å²) in [6.07, 6.45) is 4.63. The van der Waals surface area contributed by atoms with Gasteiger partial charge < -0.3 is 11.1 Å². The van der Waals surface area contributed by atoms with Gasteiger partial charge >= 0.3 is 0 Å². The molecular formula is C16H28N2. The molecule has 2 heteroatoms. The summed E-state index contributed by atoms with van der Waals surface area (Å²) in [5, 5.41) is 3.50. The van der Waals surface area contributed by atoms with Crippen LogP contribution in [0.1, 0.15) is 37.8 Å². The fourth-order valence-corrected chi connectivity index (χ4v) is 2.13. The molecule has 2 nitrogen and oxygen atoms in total. The Morgan fingerprint density at radius 1 is 1.11 bits per heavy atom. The van der Waals surface area contributed by atoms with Crippen LogP contribution >= 0.6 is 0 Å². The van der Waals surface area contributed by atoms with Crippen LogP contribution in [0, 0.1) is 5.92 Å². The van der Waals surface area contributed by atoms with Gasteiger partial charge in [0.05, 0.1) is 0 Å². The second-order valence-electron chi connectivity index (χ2n) is 5.20. The molecule has 1 aromatic rings. The molecular weight excluding hydrogens is 220 g/mol. The lowest BCUT2D eigenvalue weighted by Crippen LogP contribution is -2.24. The predicted octanol–water partition coefficient (Wildman–Crippen LogP) is 2.76. The van der Waals surface area contributed by atoms with Crippen molar-refractivity contribution in [2.75, 3.05) is 19.6 Å². The molecule has 0 bridgehead atoms. The van der Waals surface area contributed by atoms with E-state index in [2.05, 4.69) is 43.4 Å². The first-order valence-corrected chi connectivity index (χ1v) is 7.24. The van der Waals surface area contributed by atoms with E-state index < -0.39 is 0 Å². The maximum Gasteiger partial charge on any atom is -0.000824 e. The predicted molar refractivity (Wildman–Crippen MR) is 79.8 cm³/mol. The van der Waals surface area contributed by atoms with E-state index in [0.717, 1.165) is 32.5 Å². The Bertz CT molecular complexity index is 305. The standard InChI is InChI=1S/C16H28N2/c1-3-4-15-5-7-16(8-6-15)10-12-18-13-14(2)9-11-17/h5-8,14,18H,3-4,9-13,17H2,1-2H3. The second kappa shape index (κ2) is 9.12. The highest BCUT2D eigenvalue weighted by Crippen LogP contribution is 2.07. The van der Waals surface area contributed by atoms with Crippen molar-refractivity contribution in [2.45, 2.75) is 39.5 Å². The highest BCUT2D eigenvalue weighted by Gasteiger charge is 2.00. The Labute approximate surface area is 112 Å². The number of nitrogens with one attached hydrogen (secondary N) is 1. The largest absolute Gasteiger partial charge is 0.330 e. The van der Waals surface area contributed by atoms with Crippen molar-refractivity contribution in [2.24, 2.45) is 11.7 Å². The average molecular weight is 248 g/mol. The number of hydrogen-bond acceptors (Lipinski definition) is 2. The first-order valence-electron chi connectivity index (χ1n) is 7.24. The third kappa shape index (κ3) is 6.18. The van der Waals surface area contributed by atoms with Crippen molar-refractivity contribution < 1.29 is 0 Å². The molecule has 0 amide bonds. The average Bonchev–Trinajstić information content (AvgIpc) is 2.37. The van der Waals surface area contributed by atoms with Gasteiger partial charge in [0.2, 0.25) is 0 Å². The van der Waals surface area contributed by atoms with Crippen LogP contribution in [-0.4, -0.2) is 19.6 Å². The molecule has 0 aromatic heterocycles. The third-order valence-electron chi connectivity index (χ3n) is 3.30. The van der Waals surface area contributed by atoms with E-state index in [4.69, 9.17) is 5.73 Å². The topological polar surface area (TPSA) is 38.0 Å². The van der Waals surface area contributed by atoms with Crippen LogP contribution in [0.4, 0.5) is 0 Å². The minimum absolute atomic E-state index is 0.682. The van der Waals surface area contributed by atoms with Gasteiger partial charge in [-0.2, -0.15) is 0 Å². The first kappa shape index (κ1) is 15.2. The molecule has 1 atom stereocenters. The number of rotatable bonds is 9. The Morgan fingerprint density at radius 3 is 2.28 bits per heavy atom. The van der Waals surface area contributed by atoms with Crippen molar-refractivity contribution >= 4 is 0 Å². The SMILES string of the molecule is CCCc1ccc(CCNCC(C)CCN)cc1. The smallest absolute Gasteiger partial charge is 0.000824 e. The maximum atomic E-state index is 5.54. The quantitative estimate of drug-likeness (QED) is 0.660. The van der Waals surface area contributed by atoms with Gasteiger partial charge in [-0.3, -0.25) is 0 Å². The molecule has 1 rings (SSSR count). The molecule has 0 aliphatic carbocycles. The Kier molecular flexibility index (Phi) is 7.70. The summed E-state index contributed by atoms with van der Waals surface area (Å²) in [6, 6.07) is 9.04. The van der Waals surface area contributed by atoms with Crippen molar-refractivity contribution in [3.63, 3.8) is 0 Å². The molecule has 0 saturated heterocycles. The van der Waals surface area contributed by atoms with Crippen LogP contribution in [0.2, 0.25) is 0 Å². The second-order valence-corrected chi connectivity index (χ2v) is 5.20. The summed E-state index contributed by atoms with van der Waals surface area (Å²) in [4.78, 5) is 0. The normalized spacial score (nSPS) is 12.6. The van der Waals surface area contributed by atoms with E-state index in [0.29, 0.717) is 5.92 Å². The molecule has 0 spiro atoms. The lowest BCUT2D eigenvalue weighted by molar-refractivity contribution is 0.489. The molecule has 18 heavy (non-hydrogen) atoms. The number of hydrogen-bond donors (Lipinski definition) is 2. The Hall–Kier alpha value is -0.860. The van der Waals surface area contributed by atoms with Gasteiger partial charge in [0.15, 0.2) is 0 Å². The van der Waals surface area contributed by atoms with E-state index in [1.807, 2.05) is 0 Å². The van der Waals surface area contributed by atoms with Crippen LogP contribution in [0.25, 0.3) is 0 Å². The lowest BCUT2D eigenvalue weighted by Gasteiger charge is -2.11. The van der Waals surface area contributed by atoms with Gasteiger partial charge in [0.25, 0.3) is 0 Å². The van der Waals surface area contributed by atoms with Gasteiger partial charge in [0, 0.05) is 0 Å². The summed E-state index contributed by atoms with van der Waals surface area (Å²) in [5.74, 6) is 0.682. The van der Waals surface area contributed by atoms with Gasteiger partial charge in [-0.05, 0) is 55.9 Å². The molecule has 0 aliphatic heterocycles. The summed E-state index contributed by atoms with van der Waals surface area (Å²) in [7, 11) is 0. The van der Waals surface area contributed by atoms with E-state index in [-0.39, 0.29) is 0 Å².